The smallest absolute Gasteiger partial charge is 0.0480 e. The first-order valence-corrected chi connectivity index (χ1v) is 6.60. The SMILES string of the molecule is C1NC2(C3NC4CCC3CC4)CNC1C2. The van der Waals surface area contributed by atoms with Gasteiger partial charge in [-0.3, -0.25) is 0 Å². The normalized spacial score (nSPS) is 57.6. The van der Waals surface area contributed by atoms with Crippen LogP contribution in [0.5, 0.6) is 0 Å². The van der Waals surface area contributed by atoms with Gasteiger partial charge in [0.2, 0.25) is 0 Å². The summed E-state index contributed by atoms with van der Waals surface area (Å²) in [5, 5.41) is 11.4. The van der Waals surface area contributed by atoms with Crippen molar-refractivity contribution in [1.82, 2.24) is 16.0 Å². The Labute approximate surface area is 91.4 Å². The Morgan fingerprint density at radius 1 is 1.00 bits per heavy atom. The maximum absolute atomic E-state index is 3.91. The topological polar surface area (TPSA) is 36.1 Å². The first kappa shape index (κ1) is 8.97. The van der Waals surface area contributed by atoms with E-state index in [9.17, 15) is 0 Å². The zero-order chi connectivity index (χ0) is 9.88. The summed E-state index contributed by atoms with van der Waals surface area (Å²) in [6.07, 6.45) is 7.14. The molecule has 3 atom stereocenters. The second-order valence-corrected chi connectivity index (χ2v) is 6.08. The first-order valence-electron chi connectivity index (χ1n) is 6.60. The summed E-state index contributed by atoms with van der Waals surface area (Å²) in [4.78, 5) is 0. The van der Waals surface area contributed by atoms with Crippen LogP contribution in [0.2, 0.25) is 0 Å². The van der Waals surface area contributed by atoms with Crippen LogP contribution in [-0.4, -0.2) is 36.8 Å². The third kappa shape index (κ3) is 1.17. The van der Waals surface area contributed by atoms with Crippen molar-refractivity contribution < 1.29 is 0 Å². The van der Waals surface area contributed by atoms with Gasteiger partial charge in [-0.1, -0.05) is 0 Å². The Balaban J connectivity index is 1.62. The largest absolute Gasteiger partial charge is 0.311 e. The second-order valence-electron chi connectivity index (χ2n) is 6.08. The molecule has 3 nitrogen and oxygen atoms in total. The van der Waals surface area contributed by atoms with Crippen LogP contribution in [0.1, 0.15) is 32.1 Å². The van der Waals surface area contributed by atoms with Crippen molar-refractivity contribution in [2.75, 3.05) is 13.1 Å². The summed E-state index contributed by atoms with van der Waals surface area (Å²) in [5.74, 6) is 0.946. The minimum atomic E-state index is 0.411. The van der Waals surface area contributed by atoms with Crippen LogP contribution in [0, 0.1) is 5.92 Å². The van der Waals surface area contributed by atoms with Crippen molar-refractivity contribution in [2.45, 2.75) is 55.8 Å². The molecule has 4 aliphatic heterocycles. The molecule has 3 N–H and O–H groups in total. The minimum absolute atomic E-state index is 0.411. The third-order valence-corrected chi connectivity index (χ3v) is 5.27. The molecule has 15 heavy (non-hydrogen) atoms. The second kappa shape index (κ2) is 2.96. The summed E-state index contributed by atoms with van der Waals surface area (Å²) in [6, 6.07) is 2.34. The molecule has 5 rings (SSSR count). The molecule has 1 saturated carbocycles. The lowest BCUT2D eigenvalue weighted by Crippen LogP contribution is -2.68. The van der Waals surface area contributed by atoms with Gasteiger partial charge in [-0.05, 0) is 38.0 Å². The molecule has 84 valence electrons. The van der Waals surface area contributed by atoms with Crippen LogP contribution in [0.25, 0.3) is 0 Å². The zero-order valence-electron chi connectivity index (χ0n) is 9.26. The maximum atomic E-state index is 3.91. The molecule has 3 heteroatoms. The maximum Gasteiger partial charge on any atom is 0.0480 e. The van der Waals surface area contributed by atoms with E-state index in [-0.39, 0.29) is 0 Å². The molecule has 0 radical (unpaired) electrons. The van der Waals surface area contributed by atoms with Crippen LogP contribution < -0.4 is 16.0 Å². The Kier molecular flexibility index (Phi) is 1.77. The summed E-state index contributed by atoms with van der Waals surface area (Å²) in [6.45, 7) is 2.38. The molecule has 0 amide bonds. The number of hydrogen-bond acceptors (Lipinski definition) is 3. The molecule has 4 bridgehead atoms. The van der Waals surface area contributed by atoms with E-state index in [1.165, 1.54) is 45.2 Å². The van der Waals surface area contributed by atoms with Crippen molar-refractivity contribution in [1.29, 1.82) is 0 Å². The molecule has 0 aromatic rings. The standard InChI is InChI=1S/C12H21N3/c1-3-9-4-2-8(1)11(15-9)12-5-10(6-14-12)13-7-12/h8-11,13-15H,1-7H2. The monoisotopic (exact) mass is 207 g/mol. The average Bonchev–Trinajstić information content (AvgIpc) is 2.92. The Hall–Kier alpha value is -0.120. The van der Waals surface area contributed by atoms with Crippen LogP contribution in [0.4, 0.5) is 0 Å². The Morgan fingerprint density at radius 3 is 2.33 bits per heavy atom. The fourth-order valence-electron chi connectivity index (χ4n) is 4.48. The van der Waals surface area contributed by atoms with Crippen molar-refractivity contribution in [3.8, 4) is 0 Å². The summed E-state index contributed by atoms with van der Waals surface area (Å²) in [5.41, 5.74) is 0.411. The van der Waals surface area contributed by atoms with E-state index in [4.69, 9.17) is 0 Å². The quantitative estimate of drug-likeness (QED) is 0.576. The highest BCUT2D eigenvalue weighted by molar-refractivity contribution is 5.17. The number of nitrogens with one attached hydrogen (secondary N) is 3. The zero-order valence-corrected chi connectivity index (χ0v) is 9.26. The predicted molar refractivity (Wildman–Crippen MR) is 59.8 cm³/mol. The van der Waals surface area contributed by atoms with Gasteiger partial charge in [-0.2, -0.15) is 0 Å². The summed E-state index contributed by atoms with van der Waals surface area (Å²) in [7, 11) is 0. The van der Waals surface area contributed by atoms with Gasteiger partial charge in [0.1, 0.15) is 0 Å². The van der Waals surface area contributed by atoms with E-state index < -0.39 is 0 Å². The van der Waals surface area contributed by atoms with Crippen LogP contribution in [-0.2, 0) is 0 Å². The number of rotatable bonds is 1. The Bertz CT molecular complexity index is 262. The van der Waals surface area contributed by atoms with E-state index in [0.29, 0.717) is 5.54 Å². The number of fused-ring (bicyclic) bond motifs is 6. The van der Waals surface area contributed by atoms with Gasteiger partial charge in [0.05, 0.1) is 0 Å². The Morgan fingerprint density at radius 2 is 1.87 bits per heavy atom. The van der Waals surface area contributed by atoms with Gasteiger partial charge in [0.15, 0.2) is 0 Å². The van der Waals surface area contributed by atoms with Gasteiger partial charge in [-0.25, -0.2) is 0 Å². The molecule has 3 unspecified atom stereocenters. The first-order chi connectivity index (χ1) is 7.36. The summed E-state index contributed by atoms with van der Waals surface area (Å²) < 4.78 is 0. The van der Waals surface area contributed by atoms with Gasteiger partial charge in [0.25, 0.3) is 0 Å². The molecular weight excluding hydrogens is 186 g/mol. The van der Waals surface area contributed by atoms with Crippen molar-refractivity contribution >= 4 is 0 Å². The van der Waals surface area contributed by atoms with E-state index in [1.54, 1.807) is 0 Å². The minimum Gasteiger partial charge on any atom is -0.311 e. The number of piperazine rings is 1. The molecule has 1 aliphatic carbocycles. The van der Waals surface area contributed by atoms with Crippen molar-refractivity contribution in [2.24, 2.45) is 5.92 Å². The van der Waals surface area contributed by atoms with Gasteiger partial charge in [0, 0.05) is 36.8 Å². The average molecular weight is 207 g/mol. The fraction of sp³-hybridized carbons (Fsp3) is 1.00. The van der Waals surface area contributed by atoms with Crippen molar-refractivity contribution in [3.63, 3.8) is 0 Å². The molecule has 4 heterocycles. The molecule has 5 aliphatic rings. The molecule has 0 aromatic heterocycles. The van der Waals surface area contributed by atoms with E-state index >= 15 is 0 Å². The van der Waals surface area contributed by atoms with Crippen LogP contribution in [0.15, 0.2) is 0 Å². The third-order valence-electron chi connectivity index (χ3n) is 5.27. The number of hydrogen-bond donors (Lipinski definition) is 3. The molecule has 4 saturated heterocycles. The van der Waals surface area contributed by atoms with Crippen LogP contribution in [0.3, 0.4) is 0 Å². The molecule has 0 aromatic carbocycles. The lowest BCUT2D eigenvalue weighted by atomic mass is 9.69. The highest BCUT2D eigenvalue weighted by Crippen LogP contribution is 2.41. The van der Waals surface area contributed by atoms with E-state index in [2.05, 4.69) is 16.0 Å². The highest BCUT2D eigenvalue weighted by Gasteiger charge is 2.54. The highest BCUT2D eigenvalue weighted by atomic mass is 15.2. The number of piperidine rings is 2. The molecule has 5 fully saturated rings. The van der Waals surface area contributed by atoms with Gasteiger partial charge < -0.3 is 16.0 Å². The van der Waals surface area contributed by atoms with E-state index in [0.717, 1.165) is 24.0 Å². The predicted octanol–water partition coefficient (Wildman–Crippen LogP) is 0.221. The molecule has 0 spiro atoms. The van der Waals surface area contributed by atoms with Gasteiger partial charge >= 0.3 is 0 Å². The summed E-state index contributed by atoms with van der Waals surface area (Å²) >= 11 is 0. The van der Waals surface area contributed by atoms with Crippen LogP contribution >= 0.6 is 0 Å². The lowest BCUT2D eigenvalue weighted by Gasteiger charge is -2.51. The fourth-order valence-corrected chi connectivity index (χ4v) is 4.48. The van der Waals surface area contributed by atoms with E-state index in [1.807, 2.05) is 0 Å². The van der Waals surface area contributed by atoms with Gasteiger partial charge in [-0.15, -0.1) is 0 Å². The lowest BCUT2D eigenvalue weighted by molar-refractivity contribution is 0.0860. The molecular formula is C12H21N3. The van der Waals surface area contributed by atoms with Crippen molar-refractivity contribution in [3.05, 3.63) is 0 Å².